The number of hydrogen-bond donors (Lipinski definition) is 1. The number of anilines is 1. The lowest BCUT2D eigenvalue weighted by molar-refractivity contribution is 0.0543. The third kappa shape index (κ3) is 3.47. The molecule has 0 radical (unpaired) electrons. The highest BCUT2D eigenvalue weighted by atomic mass is 79.9. The number of rotatable bonds is 5. The summed E-state index contributed by atoms with van der Waals surface area (Å²) in [5.41, 5.74) is 1.45. The molecular weight excluding hydrogens is 366 g/mol. The summed E-state index contributed by atoms with van der Waals surface area (Å²) in [6, 6.07) is 10.6. The first kappa shape index (κ1) is 16.0. The van der Waals surface area contributed by atoms with Crippen LogP contribution in [0.1, 0.15) is 43.0 Å². The topological polar surface area (TPSA) is 47.0 Å². The molecule has 0 spiro atoms. The molecule has 0 atom stereocenters. The standard InChI is InChI=1S/C19H22BrN3O/c20-16-3-1-2-15(12-16)19(7-10-24-11-8-19)13-22-17-6-9-21-18(23-17)14-4-5-14/h1-3,6,9,12,14H,4-5,7-8,10-11,13H2,(H,21,22,23). The van der Waals surface area contributed by atoms with Crippen molar-refractivity contribution in [1.29, 1.82) is 0 Å². The zero-order chi connectivity index (χ0) is 16.4. The van der Waals surface area contributed by atoms with Crippen molar-refractivity contribution in [2.75, 3.05) is 25.1 Å². The average molecular weight is 388 g/mol. The minimum absolute atomic E-state index is 0.0900. The van der Waals surface area contributed by atoms with E-state index >= 15 is 0 Å². The Balaban J connectivity index is 1.55. The molecule has 1 saturated heterocycles. The van der Waals surface area contributed by atoms with Crippen molar-refractivity contribution in [3.05, 3.63) is 52.4 Å². The molecular formula is C19H22BrN3O. The van der Waals surface area contributed by atoms with Gasteiger partial charge in [-0.05, 0) is 49.4 Å². The molecule has 1 aromatic carbocycles. The quantitative estimate of drug-likeness (QED) is 0.831. The van der Waals surface area contributed by atoms with Crippen LogP contribution in [-0.4, -0.2) is 29.7 Å². The van der Waals surface area contributed by atoms with E-state index in [2.05, 4.69) is 50.5 Å². The van der Waals surface area contributed by atoms with E-state index < -0.39 is 0 Å². The van der Waals surface area contributed by atoms with Crippen LogP contribution >= 0.6 is 15.9 Å². The average Bonchev–Trinajstić information content (AvgIpc) is 3.46. The van der Waals surface area contributed by atoms with Crippen LogP contribution in [0.25, 0.3) is 0 Å². The van der Waals surface area contributed by atoms with E-state index in [-0.39, 0.29) is 5.41 Å². The summed E-state index contributed by atoms with van der Waals surface area (Å²) in [5, 5.41) is 3.57. The molecule has 4 rings (SSSR count). The number of nitrogens with one attached hydrogen (secondary N) is 1. The van der Waals surface area contributed by atoms with E-state index in [1.54, 1.807) is 0 Å². The number of benzene rings is 1. The molecule has 1 aliphatic carbocycles. The van der Waals surface area contributed by atoms with Crippen molar-refractivity contribution >= 4 is 21.7 Å². The second-order valence-corrected chi connectivity index (χ2v) is 7.75. The van der Waals surface area contributed by atoms with Gasteiger partial charge >= 0.3 is 0 Å². The first-order chi connectivity index (χ1) is 11.8. The molecule has 5 heteroatoms. The van der Waals surface area contributed by atoms with Gasteiger partial charge in [-0.15, -0.1) is 0 Å². The summed E-state index contributed by atoms with van der Waals surface area (Å²) in [6.07, 6.45) is 6.37. The van der Waals surface area contributed by atoms with Gasteiger partial charge in [0.15, 0.2) is 0 Å². The SMILES string of the molecule is Brc1cccc(C2(CNc3ccnc(C4CC4)n3)CCOCC2)c1. The normalized spacial score (nSPS) is 19.9. The van der Waals surface area contributed by atoms with Crippen LogP contribution in [0.15, 0.2) is 41.0 Å². The number of halogens is 1. The number of hydrogen-bond acceptors (Lipinski definition) is 4. The van der Waals surface area contributed by atoms with E-state index in [1.165, 1.54) is 18.4 Å². The smallest absolute Gasteiger partial charge is 0.133 e. The molecule has 2 heterocycles. The molecule has 126 valence electrons. The Morgan fingerprint density at radius 1 is 1.21 bits per heavy atom. The van der Waals surface area contributed by atoms with E-state index in [0.29, 0.717) is 5.92 Å². The molecule has 1 saturated carbocycles. The maximum atomic E-state index is 5.62. The van der Waals surface area contributed by atoms with Gasteiger partial charge < -0.3 is 10.1 Å². The van der Waals surface area contributed by atoms with Crippen LogP contribution < -0.4 is 5.32 Å². The van der Waals surface area contributed by atoms with Crippen molar-refractivity contribution in [3.8, 4) is 0 Å². The molecule has 2 aromatic rings. The van der Waals surface area contributed by atoms with Gasteiger partial charge in [0, 0.05) is 41.8 Å². The van der Waals surface area contributed by atoms with Gasteiger partial charge in [-0.3, -0.25) is 0 Å². The third-order valence-corrected chi connectivity index (χ3v) is 5.60. The Kier molecular flexibility index (Phi) is 4.55. The second-order valence-electron chi connectivity index (χ2n) is 6.83. The minimum Gasteiger partial charge on any atom is -0.381 e. The van der Waals surface area contributed by atoms with Crippen molar-refractivity contribution in [2.24, 2.45) is 0 Å². The number of ether oxygens (including phenoxy) is 1. The molecule has 0 bridgehead atoms. The first-order valence-electron chi connectivity index (χ1n) is 8.66. The fourth-order valence-corrected chi connectivity index (χ4v) is 3.82. The Morgan fingerprint density at radius 3 is 2.79 bits per heavy atom. The summed E-state index contributed by atoms with van der Waals surface area (Å²) in [4.78, 5) is 9.10. The van der Waals surface area contributed by atoms with Crippen molar-refractivity contribution < 1.29 is 4.74 Å². The van der Waals surface area contributed by atoms with Crippen LogP contribution in [0.2, 0.25) is 0 Å². The second kappa shape index (κ2) is 6.81. The lowest BCUT2D eigenvalue weighted by atomic mass is 9.74. The lowest BCUT2D eigenvalue weighted by Gasteiger charge is -2.38. The Labute approximate surface area is 151 Å². The molecule has 0 amide bonds. The van der Waals surface area contributed by atoms with E-state index in [1.807, 2.05) is 12.3 Å². The third-order valence-electron chi connectivity index (χ3n) is 5.11. The van der Waals surface area contributed by atoms with Gasteiger partial charge in [-0.2, -0.15) is 0 Å². The fraction of sp³-hybridized carbons (Fsp3) is 0.474. The molecule has 4 nitrogen and oxygen atoms in total. The van der Waals surface area contributed by atoms with E-state index in [9.17, 15) is 0 Å². The van der Waals surface area contributed by atoms with Gasteiger partial charge in [0.1, 0.15) is 11.6 Å². The van der Waals surface area contributed by atoms with Crippen LogP contribution in [0.3, 0.4) is 0 Å². The summed E-state index contributed by atoms with van der Waals surface area (Å²) >= 11 is 3.61. The summed E-state index contributed by atoms with van der Waals surface area (Å²) < 4.78 is 6.75. The maximum Gasteiger partial charge on any atom is 0.133 e. The summed E-state index contributed by atoms with van der Waals surface area (Å²) in [6.45, 7) is 2.49. The highest BCUT2D eigenvalue weighted by Crippen LogP contribution is 2.39. The molecule has 1 N–H and O–H groups in total. The summed E-state index contributed by atoms with van der Waals surface area (Å²) in [5.74, 6) is 2.50. The number of aromatic nitrogens is 2. The monoisotopic (exact) mass is 387 g/mol. The van der Waals surface area contributed by atoms with Gasteiger partial charge in [0.25, 0.3) is 0 Å². The van der Waals surface area contributed by atoms with Gasteiger partial charge in [-0.25, -0.2) is 9.97 Å². The lowest BCUT2D eigenvalue weighted by Crippen LogP contribution is -2.40. The van der Waals surface area contributed by atoms with Crippen LogP contribution in [0.5, 0.6) is 0 Å². The van der Waals surface area contributed by atoms with Gasteiger partial charge in [0.05, 0.1) is 0 Å². The highest BCUT2D eigenvalue weighted by molar-refractivity contribution is 9.10. The van der Waals surface area contributed by atoms with E-state index in [4.69, 9.17) is 9.72 Å². The zero-order valence-corrected chi connectivity index (χ0v) is 15.3. The fourth-order valence-electron chi connectivity index (χ4n) is 3.42. The van der Waals surface area contributed by atoms with Crippen molar-refractivity contribution in [3.63, 3.8) is 0 Å². The van der Waals surface area contributed by atoms with Crippen LogP contribution in [-0.2, 0) is 10.2 Å². The zero-order valence-electron chi connectivity index (χ0n) is 13.7. The first-order valence-corrected chi connectivity index (χ1v) is 9.45. The maximum absolute atomic E-state index is 5.62. The molecule has 2 aliphatic rings. The highest BCUT2D eigenvalue weighted by Gasteiger charge is 2.34. The Morgan fingerprint density at radius 2 is 2.04 bits per heavy atom. The van der Waals surface area contributed by atoms with Gasteiger partial charge in [-0.1, -0.05) is 28.1 Å². The molecule has 1 aliphatic heterocycles. The molecule has 24 heavy (non-hydrogen) atoms. The largest absolute Gasteiger partial charge is 0.381 e. The van der Waals surface area contributed by atoms with Crippen LogP contribution in [0.4, 0.5) is 5.82 Å². The molecule has 0 unspecified atom stereocenters. The van der Waals surface area contributed by atoms with Crippen LogP contribution in [0, 0.1) is 0 Å². The Bertz CT molecular complexity index is 711. The van der Waals surface area contributed by atoms with Gasteiger partial charge in [0.2, 0.25) is 0 Å². The molecule has 1 aromatic heterocycles. The van der Waals surface area contributed by atoms with E-state index in [0.717, 1.165) is 48.7 Å². The predicted octanol–water partition coefficient (Wildman–Crippen LogP) is 4.28. The van der Waals surface area contributed by atoms with Crippen molar-refractivity contribution in [1.82, 2.24) is 9.97 Å². The van der Waals surface area contributed by atoms with Crippen molar-refractivity contribution in [2.45, 2.75) is 37.0 Å². The minimum atomic E-state index is 0.0900. The summed E-state index contributed by atoms with van der Waals surface area (Å²) in [7, 11) is 0. The Hall–Kier alpha value is -1.46. The predicted molar refractivity (Wildman–Crippen MR) is 98.4 cm³/mol. The number of nitrogens with zero attached hydrogens (tertiary/aromatic N) is 2. The molecule has 2 fully saturated rings.